The van der Waals surface area contributed by atoms with Gasteiger partial charge in [-0.25, -0.2) is 4.98 Å². The van der Waals surface area contributed by atoms with Crippen molar-refractivity contribution < 1.29 is 0 Å². The molecular formula is C15H21N3. The molecule has 3 heteroatoms. The van der Waals surface area contributed by atoms with Gasteiger partial charge in [-0.2, -0.15) is 0 Å². The summed E-state index contributed by atoms with van der Waals surface area (Å²) in [7, 11) is 0. The smallest absolute Gasteiger partial charge is 0.108 e. The van der Waals surface area contributed by atoms with Crippen molar-refractivity contribution in [2.75, 3.05) is 6.54 Å². The van der Waals surface area contributed by atoms with Crippen molar-refractivity contribution in [3.8, 4) is 0 Å². The number of nitrogens with one attached hydrogen (secondary N) is 1. The zero-order valence-electron chi connectivity index (χ0n) is 11.2. The largest absolute Gasteiger partial charge is 0.331 e. The van der Waals surface area contributed by atoms with Crippen molar-refractivity contribution in [1.29, 1.82) is 0 Å². The van der Waals surface area contributed by atoms with Crippen LogP contribution in [0.2, 0.25) is 0 Å². The van der Waals surface area contributed by atoms with Crippen LogP contribution in [0.5, 0.6) is 0 Å². The van der Waals surface area contributed by atoms with E-state index in [4.69, 9.17) is 0 Å². The SMILES string of the molecule is CCNCc1cccc(Cn2ccnc2CC)c1. The molecule has 2 rings (SSSR count). The molecule has 3 nitrogen and oxygen atoms in total. The Hall–Kier alpha value is -1.61. The summed E-state index contributed by atoms with van der Waals surface area (Å²) in [5.41, 5.74) is 2.67. The van der Waals surface area contributed by atoms with Gasteiger partial charge in [-0.3, -0.25) is 0 Å². The van der Waals surface area contributed by atoms with Gasteiger partial charge in [0, 0.05) is 31.9 Å². The molecule has 0 aliphatic carbocycles. The molecule has 1 heterocycles. The van der Waals surface area contributed by atoms with Crippen molar-refractivity contribution in [1.82, 2.24) is 14.9 Å². The molecular weight excluding hydrogens is 222 g/mol. The van der Waals surface area contributed by atoms with E-state index in [1.54, 1.807) is 0 Å². The van der Waals surface area contributed by atoms with Gasteiger partial charge in [0.2, 0.25) is 0 Å². The second-order valence-corrected chi connectivity index (χ2v) is 4.43. The van der Waals surface area contributed by atoms with Crippen LogP contribution < -0.4 is 5.32 Å². The zero-order valence-corrected chi connectivity index (χ0v) is 11.2. The maximum absolute atomic E-state index is 4.35. The van der Waals surface area contributed by atoms with Gasteiger partial charge in [-0.15, -0.1) is 0 Å². The number of hydrogen-bond donors (Lipinski definition) is 1. The van der Waals surface area contributed by atoms with E-state index in [0.29, 0.717) is 0 Å². The monoisotopic (exact) mass is 243 g/mol. The fourth-order valence-corrected chi connectivity index (χ4v) is 2.10. The maximum Gasteiger partial charge on any atom is 0.108 e. The average molecular weight is 243 g/mol. The Morgan fingerprint density at radius 1 is 1.22 bits per heavy atom. The Balaban J connectivity index is 2.09. The summed E-state index contributed by atoms with van der Waals surface area (Å²) >= 11 is 0. The van der Waals surface area contributed by atoms with Gasteiger partial charge in [0.05, 0.1) is 0 Å². The van der Waals surface area contributed by atoms with Gasteiger partial charge in [-0.05, 0) is 17.7 Å². The van der Waals surface area contributed by atoms with Gasteiger partial charge in [0.25, 0.3) is 0 Å². The molecule has 0 aliphatic rings. The Bertz CT molecular complexity index is 488. The Kier molecular flexibility index (Phi) is 4.53. The second-order valence-electron chi connectivity index (χ2n) is 4.43. The van der Waals surface area contributed by atoms with Crippen molar-refractivity contribution in [3.05, 3.63) is 53.6 Å². The fourth-order valence-electron chi connectivity index (χ4n) is 2.10. The molecule has 0 saturated carbocycles. The molecule has 0 fully saturated rings. The number of nitrogens with zero attached hydrogens (tertiary/aromatic N) is 2. The standard InChI is InChI=1S/C15H21N3/c1-3-15-17-8-9-18(15)12-14-7-5-6-13(10-14)11-16-4-2/h5-10,16H,3-4,11-12H2,1-2H3. The molecule has 18 heavy (non-hydrogen) atoms. The van der Waals surface area contributed by atoms with Crippen LogP contribution in [0, 0.1) is 0 Å². The molecule has 0 spiro atoms. The van der Waals surface area contributed by atoms with E-state index in [0.717, 1.165) is 31.9 Å². The van der Waals surface area contributed by atoms with Crippen molar-refractivity contribution in [2.24, 2.45) is 0 Å². The number of hydrogen-bond acceptors (Lipinski definition) is 2. The summed E-state index contributed by atoms with van der Waals surface area (Å²) < 4.78 is 2.21. The van der Waals surface area contributed by atoms with Crippen LogP contribution >= 0.6 is 0 Å². The third kappa shape index (κ3) is 3.20. The minimum Gasteiger partial charge on any atom is -0.331 e. The van der Waals surface area contributed by atoms with Gasteiger partial charge in [0.1, 0.15) is 5.82 Å². The lowest BCUT2D eigenvalue weighted by molar-refractivity contribution is 0.715. The topological polar surface area (TPSA) is 29.9 Å². The predicted molar refractivity (Wildman–Crippen MR) is 74.5 cm³/mol. The number of aromatic nitrogens is 2. The first-order chi connectivity index (χ1) is 8.83. The summed E-state index contributed by atoms with van der Waals surface area (Å²) in [4.78, 5) is 4.35. The summed E-state index contributed by atoms with van der Waals surface area (Å²) in [6.07, 6.45) is 4.90. The highest BCUT2D eigenvalue weighted by Gasteiger charge is 2.02. The molecule has 0 amide bonds. The van der Waals surface area contributed by atoms with Crippen LogP contribution in [0.15, 0.2) is 36.7 Å². The molecule has 0 unspecified atom stereocenters. The minimum atomic E-state index is 0.906. The van der Waals surface area contributed by atoms with Crippen LogP contribution in [0.1, 0.15) is 30.8 Å². The minimum absolute atomic E-state index is 0.906. The Morgan fingerprint density at radius 3 is 2.83 bits per heavy atom. The van der Waals surface area contributed by atoms with Gasteiger partial charge >= 0.3 is 0 Å². The second kappa shape index (κ2) is 6.36. The van der Waals surface area contributed by atoms with Gasteiger partial charge in [0.15, 0.2) is 0 Å². The number of imidazole rings is 1. The Labute approximate surface area is 109 Å². The molecule has 2 aromatic rings. The number of rotatable bonds is 6. The molecule has 1 aromatic carbocycles. The van der Waals surface area contributed by atoms with E-state index in [9.17, 15) is 0 Å². The van der Waals surface area contributed by atoms with Crippen LogP contribution in [0.3, 0.4) is 0 Å². The van der Waals surface area contributed by atoms with Crippen molar-refractivity contribution in [3.63, 3.8) is 0 Å². The maximum atomic E-state index is 4.35. The van der Waals surface area contributed by atoms with Crippen LogP contribution in [-0.4, -0.2) is 16.1 Å². The first kappa shape index (κ1) is 12.8. The fraction of sp³-hybridized carbons (Fsp3) is 0.400. The van der Waals surface area contributed by atoms with E-state index in [-0.39, 0.29) is 0 Å². The molecule has 0 aliphatic heterocycles. The first-order valence-corrected chi connectivity index (χ1v) is 6.62. The highest BCUT2D eigenvalue weighted by molar-refractivity contribution is 5.24. The third-order valence-corrected chi connectivity index (χ3v) is 3.04. The van der Waals surface area contributed by atoms with Crippen molar-refractivity contribution >= 4 is 0 Å². The predicted octanol–water partition coefficient (Wildman–Crippen LogP) is 2.60. The number of aryl methyl sites for hydroxylation is 1. The van der Waals surface area contributed by atoms with Crippen molar-refractivity contribution in [2.45, 2.75) is 33.4 Å². The molecule has 0 atom stereocenters. The van der Waals surface area contributed by atoms with E-state index in [2.05, 4.69) is 59.2 Å². The van der Waals surface area contributed by atoms with Gasteiger partial charge in [-0.1, -0.05) is 38.1 Å². The van der Waals surface area contributed by atoms with Crippen LogP contribution in [0.4, 0.5) is 0 Å². The highest BCUT2D eigenvalue weighted by Crippen LogP contribution is 2.09. The normalized spacial score (nSPS) is 10.8. The third-order valence-electron chi connectivity index (χ3n) is 3.04. The quantitative estimate of drug-likeness (QED) is 0.845. The zero-order chi connectivity index (χ0) is 12.8. The summed E-state index contributed by atoms with van der Waals surface area (Å²) in [5, 5.41) is 3.35. The lowest BCUT2D eigenvalue weighted by atomic mass is 10.1. The Morgan fingerprint density at radius 2 is 2.06 bits per heavy atom. The van der Waals surface area contributed by atoms with Crippen LogP contribution in [0.25, 0.3) is 0 Å². The van der Waals surface area contributed by atoms with E-state index >= 15 is 0 Å². The molecule has 1 N–H and O–H groups in total. The molecule has 0 bridgehead atoms. The van der Waals surface area contributed by atoms with Gasteiger partial charge < -0.3 is 9.88 Å². The summed E-state index contributed by atoms with van der Waals surface area (Å²) in [6, 6.07) is 8.74. The van der Waals surface area contributed by atoms with E-state index in [1.807, 2.05) is 6.20 Å². The summed E-state index contributed by atoms with van der Waals surface area (Å²) in [6.45, 7) is 7.12. The average Bonchev–Trinajstić information content (AvgIpc) is 2.84. The lowest BCUT2D eigenvalue weighted by Gasteiger charge is -2.09. The van der Waals surface area contributed by atoms with Crippen LogP contribution in [-0.2, 0) is 19.5 Å². The number of benzene rings is 1. The molecule has 1 aromatic heterocycles. The molecule has 96 valence electrons. The highest BCUT2D eigenvalue weighted by atomic mass is 15.1. The first-order valence-electron chi connectivity index (χ1n) is 6.62. The summed E-state index contributed by atoms with van der Waals surface area (Å²) in [5.74, 6) is 1.15. The lowest BCUT2D eigenvalue weighted by Crippen LogP contribution is -2.12. The molecule has 0 saturated heterocycles. The van der Waals surface area contributed by atoms with E-state index in [1.165, 1.54) is 11.1 Å². The van der Waals surface area contributed by atoms with E-state index < -0.39 is 0 Å². The molecule has 0 radical (unpaired) electrons.